The summed E-state index contributed by atoms with van der Waals surface area (Å²) >= 11 is 0. The molecule has 148 valence electrons. The minimum absolute atomic E-state index is 0. The van der Waals surface area contributed by atoms with E-state index in [1.54, 1.807) is 0 Å². The number of phenolic OH excluding ortho intramolecular Hbond substituents is 2. The Bertz CT molecular complexity index is 792. The van der Waals surface area contributed by atoms with Crippen LogP contribution >= 0.6 is 0 Å². The summed E-state index contributed by atoms with van der Waals surface area (Å²) < 4.78 is 0. The molecule has 0 bridgehead atoms. The molecular formula is C24H34O2Se. The largest absolute Gasteiger partial charge is 0.507 e. The minimum Gasteiger partial charge on any atom is -0.507 e. The molecule has 0 spiro atoms. The Labute approximate surface area is 175 Å². The second kappa shape index (κ2) is 7.53. The Kier molecular flexibility index (Phi) is 6.58. The molecule has 0 saturated carbocycles. The predicted octanol–water partition coefficient (Wildman–Crippen LogP) is 6.21. The number of hydrogen-bond acceptors (Lipinski definition) is 2. The van der Waals surface area contributed by atoms with Crippen LogP contribution in [-0.4, -0.2) is 27.3 Å². The van der Waals surface area contributed by atoms with Gasteiger partial charge in [-0.1, -0.05) is 53.7 Å². The molecule has 2 N–H and O–H groups in total. The van der Waals surface area contributed by atoms with E-state index in [-0.39, 0.29) is 39.4 Å². The Morgan fingerprint density at radius 2 is 0.852 bits per heavy atom. The smallest absolute Gasteiger partial charge is 0.127 e. The first-order valence-electron chi connectivity index (χ1n) is 9.35. The van der Waals surface area contributed by atoms with Crippen LogP contribution in [0.25, 0.3) is 11.1 Å². The van der Waals surface area contributed by atoms with Gasteiger partial charge in [-0.3, -0.25) is 0 Å². The summed E-state index contributed by atoms with van der Waals surface area (Å²) in [5, 5.41) is 22.4. The zero-order chi connectivity index (χ0) is 20.2. The topological polar surface area (TPSA) is 40.5 Å². The molecule has 2 radical (unpaired) electrons. The molecule has 2 aromatic rings. The van der Waals surface area contributed by atoms with E-state index in [2.05, 4.69) is 67.5 Å². The maximum atomic E-state index is 11.2. The summed E-state index contributed by atoms with van der Waals surface area (Å²) in [5.41, 5.74) is 7.26. The molecule has 0 aliphatic rings. The number of hydrogen-bond donors (Lipinski definition) is 2. The van der Waals surface area contributed by atoms with Gasteiger partial charge in [-0.15, -0.1) is 0 Å². The zero-order valence-corrected chi connectivity index (χ0v) is 20.2. The second-order valence-corrected chi connectivity index (χ2v) is 9.68. The third-order valence-electron chi connectivity index (χ3n) is 5.50. The van der Waals surface area contributed by atoms with Gasteiger partial charge in [-0.25, -0.2) is 0 Å². The third-order valence-corrected chi connectivity index (χ3v) is 5.50. The first kappa shape index (κ1) is 23.6. The van der Waals surface area contributed by atoms with Crippen LogP contribution in [0.1, 0.15) is 74.9 Å². The summed E-state index contributed by atoms with van der Waals surface area (Å²) in [7, 11) is 0. The van der Waals surface area contributed by atoms with E-state index in [1.807, 2.05) is 13.8 Å². The molecule has 0 unspecified atom stereocenters. The summed E-state index contributed by atoms with van der Waals surface area (Å²) in [4.78, 5) is 0. The van der Waals surface area contributed by atoms with Crippen molar-refractivity contribution in [2.45, 2.75) is 80.1 Å². The van der Waals surface area contributed by atoms with Gasteiger partial charge in [0.2, 0.25) is 0 Å². The first-order chi connectivity index (χ1) is 11.7. The molecule has 2 rings (SSSR count). The average Bonchev–Trinajstić information content (AvgIpc) is 2.47. The quantitative estimate of drug-likeness (QED) is 0.525. The molecule has 2 nitrogen and oxygen atoms in total. The molecule has 0 saturated heterocycles. The summed E-state index contributed by atoms with van der Waals surface area (Å²) in [5.74, 6) is 0.564. The summed E-state index contributed by atoms with van der Waals surface area (Å²) in [6.07, 6.45) is 0. The average molecular weight is 433 g/mol. The molecule has 0 fully saturated rings. The first-order valence-corrected chi connectivity index (χ1v) is 9.35. The maximum absolute atomic E-state index is 11.2. The van der Waals surface area contributed by atoms with E-state index in [9.17, 15) is 10.2 Å². The van der Waals surface area contributed by atoms with E-state index in [1.165, 1.54) is 0 Å². The summed E-state index contributed by atoms with van der Waals surface area (Å²) in [6, 6.07) is 4.14. The number of benzene rings is 2. The van der Waals surface area contributed by atoms with Gasteiger partial charge in [0.05, 0.1) is 0 Å². The number of phenols is 2. The van der Waals surface area contributed by atoms with Gasteiger partial charge in [0, 0.05) is 39.3 Å². The predicted molar refractivity (Wildman–Crippen MR) is 117 cm³/mol. The van der Waals surface area contributed by atoms with Crippen molar-refractivity contribution < 1.29 is 10.2 Å². The fraction of sp³-hybridized carbons (Fsp3) is 0.500. The second-order valence-electron chi connectivity index (χ2n) is 9.68. The van der Waals surface area contributed by atoms with Crippen molar-refractivity contribution in [2.24, 2.45) is 0 Å². The van der Waals surface area contributed by atoms with Gasteiger partial charge >= 0.3 is 0 Å². The van der Waals surface area contributed by atoms with Crippen molar-refractivity contribution in [3.8, 4) is 22.6 Å². The normalized spacial score (nSPS) is 12.1. The number of rotatable bonds is 1. The van der Waals surface area contributed by atoms with Gasteiger partial charge in [-0.05, 0) is 60.8 Å². The SMILES string of the molecule is Cc1cc(C(C)(C)C)c(O)c(-c2c(C)c(C)cc(C(C)(C)C)c2O)c1C.[Se]. The minimum atomic E-state index is -0.183. The Morgan fingerprint density at radius 3 is 1.07 bits per heavy atom. The molecule has 0 amide bonds. The van der Waals surface area contributed by atoms with Crippen molar-refractivity contribution in [3.63, 3.8) is 0 Å². The van der Waals surface area contributed by atoms with Crippen molar-refractivity contribution in [2.75, 3.05) is 0 Å². The number of aryl methyl sites for hydroxylation is 2. The Hall–Kier alpha value is -1.44. The standard InChI is InChI=1S/C24H34O2.Se/c1-13-11-17(23(5,6)7)21(25)19(15(13)3)20-16(4)14(2)12-18(22(20)26)24(8,9)10;/h11-12,25-26H,1-10H3;. The third kappa shape index (κ3) is 4.20. The van der Waals surface area contributed by atoms with Crippen LogP contribution in [0.4, 0.5) is 0 Å². The van der Waals surface area contributed by atoms with Crippen LogP contribution < -0.4 is 0 Å². The molecule has 0 aromatic heterocycles. The molecule has 0 atom stereocenters. The van der Waals surface area contributed by atoms with Crippen LogP contribution in [0, 0.1) is 27.7 Å². The number of aromatic hydroxyl groups is 2. The Morgan fingerprint density at radius 1 is 0.593 bits per heavy atom. The molecule has 0 heterocycles. The van der Waals surface area contributed by atoms with Crippen molar-refractivity contribution in [1.82, 2.24) is 0 Å². The van der Waals surface area contributed by atoms with Crippen molar-refractivity contribution in [3.05, 3.63) is 45.5 Å². The zero-order valence-electron chi connectivity index (χ0n) is 18.5. The molecule has 27 heavy (non-hydrogen) atoms. The van der Waals surface area contributed by atoms with Gasteiger partial charge in [0.15, 0.2) is 0 Å². The van der Waals surface area contributed by atoms with E-state index in [0.29, 0.717) is 0 Å². The van der Waals surface area contributed by atoms with Crippen LogP contribution in [0.15, 0.2) is 12.1 Å². The van der Waals surface area contributed by atoms with Crippen LogP contribution in [0.2, 0.25) is 0 Å². The fourth-order valence-electron chi connectivity index (χ4n) is 3.56. The van der Waals surface area contributed by atoms with Gasteiger partial charge in [0.25, 0.3) is 0 Å². The Balaban J connectivity index is 0.00000364. The molecule has 0 aliphatic carbocycles. The molecule has 2 aromatic carbocycles. The molecular weight excluding hydrogens is 399 g/mol. The van der Waals surface area contributed by atoms with Gasteiger partial charge in [0.1, 0.15) is 11.5 Å². The van der Waals surface area contributed by atoms with Crippen LogP contribution in [-0.2, 0) is 10.8 Å². The van der Waals surface area contributed by atoms with Crippen molar-refractivity contribution in [1.29, 1.82) is 0 Å². The molecule has 3 heteroatoms. The van der Waals surface area contributed by atoms with E-state index in [4.69, 9.17) is 0 Å². The van der Waals surface area contributed by atoms with E-state index >= 15 is 0 Å². The van der Waals surface area contributed by atoms with Crippen LogP contribution in [0.5, 0.6) is 11.5 Å². The maximum Gasteiger partial charge on any atom is 0.127 e. The molecule has 0 aliphatic heterocycles. The van der Waals surface area contributed by atoms with Crippen LogP contribution in [0.3, 0.4) is 0 Å². The van der Waals surface area contributed by atoms with Crippen molar-refractivity contribution >= 4 is 17.1 Å². The van der Waals surface area contributed by atoms with E-state index in [0.717, 1.165) is 44.5 Å². The van der Waals surface area contributed by atoms with Gasteiger partial charge in [-0.2, -0.15) is 0 Å². The summed E-state index contributed by atoms with van der Waals surface area (Å²) in [6.45, 7) is 20.8. The monoisotopic (exact) mass is 434 g/mol. The van der Waals surface area contributed by atoms with E-state index < -0.39 is 0 Å². The van der Waals surface area contributed by atoms with Gasteiger partial charge < -0.3 is 10.2 Å². The fourth-order valence-corrected chi connectivity index (χ4v) is 3.56.